The van der Waals surface area contributed by atoms with E-state index in [1.54, 1.807) is 18.5 Å². The third-order valence-electron chi connectivity index (χ3n) is 4.14. The third-order valence-corrected chi connectivity index (χ3v) is 4.14. The summed E-state index contributed by atoms with van der Waals surface area (Å²) in [6, 6.07) is 1.73. The SMILES string of the molecule is Cc1oncc1CN1C[C@@H](F)C[C@H]1CNC(=O)Cc1ccn[nH]1. The zero-order valence-corrected chi connectivity index (χ0v) is 13.0. The predicted molar refractivity (Wildman–Crippen MR) is 80.3 cm³/mol. The van der Waals surface area contributed by atoms with Crippen LogP contribution in [0, 0.1) is 6.92 Å². The average molecular weight is 321 g/mol. The molecule has 0 unspecified atom stereocenters. The third kappa shape index (κ3) is 3.95. The molecule has 1 aliphatic rings. The van der Waals surface area contributed by atoms with Gasteiger partial charge in [0.1, 0.15) is 11.9 Å². The van der Waals surface area contributed by atoms with Gasteiger partial charge in [-0.25, -0.2) is 4.39 Å². The fourth-order valence-electron chi connectivity index (χ4n) is 2.87. The quantitative estimate of drug-likeness (QED) is 0.828. The molecule has 0 aliphatic carbocycles. The Balaban J connectivity index is 1.53. The number of hydrogen-bond acceptors (Lipinski definition) is 5. The number of halogens is 1. The molecule has 2 aromatic rings. The van der Waals surface area contributed by atoms with Crippen LogP contribution in [0.5, 0.6) is 0 Å². The van der Waals surface area contributed by atoms with Crippen molar-refractivity contribution in [1.82, 2.24) is 25.6 Å². The number of carbonyl (C=O) groups is 1. The van der Waals surface area contributed by atoms with Crippen LogP contribution in [0.3, 0.4) is 0 Å². The lowest BCUT2D eigenvalue weighted by Gasteiger charge is -2.23. The van der Waals surface area contributed by atoms with Crippen molar-refractivity contribution in [2.45, 2.75) is 38.5 Å². The Kier molecular flexibility index (Phi) is 4.71. The van der Waals surface area contributed by atoms with Crippen molar-refractivity contribution in [2.75, 3.05) is 13.1 Å². The second-order valence-electron chi connectivity index (χ2n) is 5.89. The second kappa shape index (κ2) is 6.91. The molecule has 1 saturated heterocycles. The molecule has 0 saturated carbocycles. The Morgan fingerprint density at radius 1 is 1.61 bits per heavy atom. The number of aryl methyl sites for hydroxylation is 1. The van der Waals surface area contributed by atoms with E-state index in [-0.39, 0.29) is 18.4 Å². The molecule has 2 atom stereocenters. The van der Waals surface area contributed by atoms with Gasteiger partial charge in [-0.2, -0.15) is 5.10 Å². The fourth-order valence-corrected chi connectivity index (χ4v) is 2.87. The Labute approximate surface area is 133 Å². The van der Waals surface area contributed by atoms with Gasteiger partial charge >= 0.3 is 0 Å². The minimum absolute atomic E-state index is 0.0231. The highest BCUT2D eigenvalue weighted by Crippen LogP contribution is 2.23. The van der Waals surface area contributed by atoms with Crippen LogP contribution in [0.4, 0.5) is 4.39 Å². The highest BCUT2D eigenvalue weighted by Gasteiger charge is 2.32. The zero-order valence-electron chi connectivity index (χ0n) is 13.0. The van der Waals surface area contributed by atoms with E-state index in [4.69, 9.17) is 4.52 Å². The van der Waals surface area contributed by atoms with Crippen LogP contribution in [0.2, 0.25) is 0 Å². The van der Waals surface area contributed by atoms with Crippen LogP contribution in [0.15, 0.2) is 23.0 Å². The molecule has 2 N–H and O–H groups in total. The maximum atomic E-state index is 13.8. The van der Waals surface area contributed by atoms with Crippen molar-refractivity contribution >= 4 is 5.91 Å². The van der Waals surface area contributed by atoms with Gasteiger partial charge in [-0.3, -0.25) is 14.8 Å². The number of nitrogens with zero attached hydrogens (tertiary/aromatic N) is 3. The van der Waals surface area contributed by atoms with Gasteiger partial charge in [0, 0.05) is 43.1 Å². The van der Waals surface area contributed by atoms with Crippen LogP contribution in [0.1, 0.15) is 23.4 Å². The van der Waals surface area contributed by atoms with Crippen LogP contribution >= 0.6 is 0 Å². The van der Waals surface area contributed by atoms with Crippen LogP contribution in [0.25, 0.3) is 0 Å². The summed E-state index contributed by atoms with van der Waals surface area (Å²) in [4.78, 5) is 14.0. The number of H-pyrrole nitrogens is 1. The topological polar surface area (TPSA) is 87.1 Å². The lowest BCUT2D eigenvalue weighted by atomic mass is 10.2. The van der Waals surface area contributed by atoms with Gasteiger partial charge in [0.05, 0.1) is 12.6 Å². The minimum Gasteiger partial charge on any atom is -0.361 e. The van der Waals surface area contributed by atoms with Gasteiger partial charge in [0.15, 0.2) is 0 Å². The molecule has 1 fully saturated rings. The molecule has 124 valence electrons. The van der Waals surface area contributed by atoms with Gasteiger partial charge < -0.3 is 9.84 Å². The van der Waals surface area contributed by atoms with E-state index in [1.165, 1.54) is 0 Å². The first-order valence-corrected chi connectivity index (χ1v) is 7.65. The van der Waals surface area contributed by atoms with E-state index in [1.807, 2.05) is 11.8 Å². The summed E-state index contributed by atoms with van der Waals surface area (Å²) in [5.74, 6) is 0.645. The highest BCUT2D eigenvalue weighted by atomic mass is 19.1. The Morgan fingerprint density at radius 3 is 3.17 bits per heavy atom. The maximum absolute atomic E-state index is 13.8. The number of aromatic amines is 1. The van der Waals surface area contributed by atoms with E-state index in [0.29, 0.717) is 26.1 Å². The number of carbonyl (C=O) groups excluding carboxylic acids is 1. The van der Waals surface area contributed by atoms with Gasteiger partial charge in [-0.05, 0) is 19.4 Å². The van der Waals surface area contributed by atoms with Crippen molar-refractivity contribution in [3.05, 3.63) is 35.5 Å². The van der Waals surface area contributed by atoms with Crippen molar-refractivity contribution in [3.8, 4) is 0 Å². The first-order chi connectivity index (χ1) is 11.1. The molecule has 3 rings (SSSR count). The van der Waals surface area contributed by atoms with Gasteiger partial charge in [0.2, 0.25) is 5.91 Å². The molecule has 23 heavy (non-hydrogen) atoms. The number of likely N-dealkylation sites (tertiary alicyclic amines) is 1. The summed E-state index contributed by atoms with van der Waals surface area (Å²) in [6.07, 6.45) is 3.07. The largest absolute Gasteiger partial charge is 0.361 e. The number of hydrogen-bond donors (Lipinski definition) is 2. The Hall–Kier alpha value is -2.22. The van der Waals surface area contributed by atoms with E-state index >= 15 is 0 Å². The average Bonchev–Trinajstić information content (AvgIpc) is 3.22. The number of alkyl halides is 1. The molecule has 2 aromatic heterocycles. The molecule has 7 nitrogen and oxygen atoms in total. The van der Waals surface area contributed by atoms with Crippen LogP contribution in [-0.2, 0) is 17.8 Å². The van der Waals surface area contributed by atoms with Crippen molar-refractivity contribution in [1.29, 1.82) is 0 Å². The fraction of sp³-hybridized carbons (Fsp3) is 0.533. The molecule has 0 bridgehead atoms. The Morgan fingerprint density at radius 2 is 2.48 bits per heavy atom. The molecule has 8 heteroatoms. The van der Waals surface area contributed by atoms with E-state index in [9.17, 15) is 9.18 Å². The molecule has 0 radical (unpaired) electrons. The first-order valence-electron chi connectivity index (χ1n) is 7.65. The van der Waals surface area contributed by atoms with Crippen molar-refractivity contribution in [2.24, 2.45) is 0 Å². The number of aromatic nitrogens is 3. The maximum Gasteiger partial charge on any atom is 0.226 e. The number of amides is 1. The van der Waals surface area contributed by atoms with Gasteiger partial charge in [-0.15, -0.1) is 0 Å². The van der Waals surface area contributed by atoms with Crippen molar-refractivity contribution in [3.63, 3.8) is 0 Å². The number of nitrogens with one attached hydrogen (secondary N) is 2. The standard InChI is InChI=1S/C15H20FN5O2/c1-10-11(6-19-23-10)8-21-9-12(16)4-14(21)7-17-15(22)5-13-2-3-18-20-13/h2-3,6,12,14H,4-5,7-9H2,1H3,(H,17,22)(H,18,20)/t12-,14-/m0/s1. The smallest absolute Gasteiger partial charge is 0.226 e. The van der Waals surface area contributed by atoms with Crippen molar-refractivity contribution < 1.29 is 13.7 Å². The highest BCUT2D eigenvalue weighted by molar-refractivity contribution is 5.78. The predicted octanol–water partition coefficient (Wildman–Crippen LogP) is 0.977. The van der Waals surface area contributed by atoms with E-state index < -0.39 is 6.17 Å². The number of rotatable bonds is 6. The summed E-state index contributed by atoms with van der Waals surface area (Å²) >= 11 is 0. The minimum atomic E-state index is -0.871. The molecule has 0 aromatic carbocycles. The van der Waals surface area contributed by atoms with Crippen LogP contribution in [-0.4, -0.2) is 51.5 Å². The molecule has 1 amide bonds. The molecule has 1 aliphatic heterocycles. The monoisotopic (exact) mass is 321 g/mol. The summed E-state index contributed by atoms with van der Waals surface area (Å²) in [5.41, 5.74) is 1.71. The normalized spacial score (nSPS) is 21.7. The van der Waals surface area contributed by atoms with Crippen LogP contribution < -0.4 is 5.32 Å². The zero-order chi connectivity index (χ0) is 16.2. The summed E-state index contributed by atoms with van der Waals surface area (Å²) in [6.45, 7) is 3.22. The lowest BCUT2D eigenvalue weighted by molar-refractivity contribution is -0.120. The Bertz CT molecular complexity index is 642. The summed E-state index contributed by atoms with van der Waals surface area (Å²) < 4.78 is 18.8. The van der Waals surface area contributed by atoms with E-state index in [2.05, 4.69) is 20.7 Å². The van der Waals surface area contributed by atoms with Gasteiger partial charge in [-0.1, -0.05) is 5.16 Å². The van der Waals surface area contributed by atoms with E-state index in [0.717, 1.165) is 17.0 Å². The second-order valence-corrected chi connectivity index (χ2v) is 5.89. The molecule has 3 heterocycles. The summed E-state index contributed by atoms with van der Waals surface area (Å²) in [7, 11) is 0. The summed E-state index contributed by atoms with van der Waals surface area (Å²) in [5, 5.41) is 13.2. The van der Waals surface area contributed by atoms with Gasteiger partial charge in [0.25, 0.3) is 0 Å². The molecular weight excluding hydrogens is 301 g/mol. The molecule has 0 spiro atoms. The first kappa shape index (κ1) is 15.7. The molecular formula is C15H20FN5O2. The lowest BCUT2D eigenvalue weighted by Crippen LogP contribution is -2.40.